The number of halogens is 1. The van der Waals surface area contributed by atoms with Crippen LogP contribution in [0.5, 0.6) is 0 Å². The smallest absolute Gasteiger partial charge is 0.143 e. The van der Waals surface area contributed by atoms with Gasteiger partial charge in [0, 0.05) is 5.39 Å². The third-order valence-corrected chi connectivity index (χ3v) is 4.42. The molecule has 4 heteroatoms. The van der Waals surface area contributed by atoms with Gasteiger partial charge in [-0.15, -0.1) is 0 Å². The van der Waals surface area contributed by atoms with Gasteiger partial charge in [-0.3, -0.25) is 0 Å². The zero-order valence-corrected chi connectivity index (χ0v) is 13.5. The molecule has 0 bridgehead atoms. The van der Waals surface area contributed by atoms with E-state index in [-0.39, 0.29) is 0 Å². The number of ether oxygens (including phenoxy) is 1. The van der Waals surface area contributed by atoms with Crippen molar-refractivity contribution in [2.45, 2.75) is 33.1 Å². The molecule has 0 aliphatic carbocycles. The lowest BCUT2D eigenvalue weighted by atomic mass is 9.96. The van der Waals surface area contributed by atoms with Gasteiger partial charge in [0.05, 0.1) is 28.4 Å². The second kappa shape index (κ2) is 6.16. The molecule has 0 spiro atoms. The van der Waals surface area contributed by atoms with Gasteiger partial charge in [0.2, 0.25) is 0 Å². The second-order valence-corrected chi connectivity index (χ2v) is 5.93. The van der Waals surface area contributed by atoms with Crippen molar-refractivity contribution in [2.75, 3.05) is 6.61 Å². The Morgan fingerprint density at radius 2 is 2.32 bits per heavy atom. The van der Waals surface area contributed by atoms with E-state index < -0.39 is 0 Å². The number of hydrogen-bond acceptors (Lipinski definition) is 2. The van der Waals surface area contributed by atoms with E-state index in [1.54, 1.807) is 0 Å². The van der Waals surface area contributed by atoms with Crippen LogP contribution in [0.15, 0.2) is 18.2 Å². The fourth-order valence-electron chi connectivity index (χ4n) is 3.08. The summed E-state index contributed by atoms with van der Waals surface area (Å²) in [5.74, 6) is 0. The highest BCUT2D eigenvalue weighted by Crippen LogP contribution is 2.39. The summed E-state index contributed by atoms with van der Waals surface area (Å²) in [6.45, 7) is 4.60. The fraction of sp³-hybridized carbons (Fsp3) is 0.333. The van der Waals surface area contributed by atoms with Gasteiger partial charge in [0.15, 0.2) is 0 Å². The number of nitrogens with zero attached hydrogens (tertiary/aromatic N) is 1. The van der Waals surface area contributed by atoms with Gasteiger partial charge in [-0.2, -0.15) is 5.26 Å². The summed E-state index contributed by atoms with van der Waals surface area (Å²) < 4.78 is 5.85. The molecule has 113 valence electrons. The highest BCUT2D eigenvalue weighted by molar-refractivity contribution is 6.35. The number of aromatic amines is 1. The number of benzene rings is 1. The van der Waals surface area contributed by atoms with Crippen molar-refractivity contribution >= 4 is 22.5 Å². The molecule has 1 N–H and O–H groups in total. The first-order chi connectivity index (χ1) is 10.7. The minimum atomic E-state index is 0.654. The van der Waals surface area contributed by atoms with Crippen molar-refractivity contribution in [1.82, 2.24) is 4.98 Å². The van der Waals surface area contributed by atoms with Crippen LogP contribution in [0.25, 0.3) is 10.9 Å². The maximum atomic E-state index is 9.51. The first kappa shape index (κ1) is 15.1. The molecule has 22 heavy (non-hydrogen) atoms. The van der Waals surface area contributed by atoms with Crippen LogP contribution >= 0.6 is 11.6 Å². The molecule has 2 heterocycles. The van der Waals surface area contributed by atoms with Crippen LogP contribution in [0, 0.1) is 24.4 Å². The molecule has 3 nitrogen and oxygen atoms in total. The highest BCUT2D eigenvalue weighted by atomic mass is 35.5. The fourth-order valence-corrected chi connectivity index (χ4v) is 3.39. The predicted octanol–water partition coefficient (Wildman–Crippen LogP) is 4.81. The molecular formula is C18H18ClN2O. The second-order valence-electron chi connectivity index (χ2n) is 5.52. The summed E-state index contributed by atoms with van der Waals surface area (Å²) in [6, 6.07) is 4.18. The number of aromatic nitrogens is 1. The van der Waals surface area contributed by atoms with Crippen molar-refractivity contribution in [3.05, 3.63) is 51.7 Å². The number of allylic oxidation sites excluding steroid dienone is 2. The van der Waals surface area contributed by atoms with E-state index in [4.69, 9.17) is 16.3 Å². The van der Waals surface area contributed by atoms with Gasteiger partial charge < -0.3 is 9.72 Å². The zero-order chi connectivity index (χ0) is 15.7. The Bertz CT molecular complexity index is 783. The number of nitriles is 1. The van der Waals surface area contributed by atoms with Crippen molar-refractivity contribution in [3.63, 3.8) is 0 Å². The molecule has 1 aromatic carbocycles. The van der Waals surface area contributed by atoms with E-state index in [0.29, 0.717) is 17.2 Å². The van der Waals surface area contributed by atoms with Crippen molar-refractivity contribution in [1.29, 1.82) is 5.26 Å². The molecule has 0 fully saturated rings. The number of rotatable bonds is 3. The summed E-state index contributed by atoms with van der Waals surface area (Å²) in [7, 11) is 0. The normalized spacial score (nSPS) is 15.4. The van der Waals surface area contributed by atoms with Gasteiger partial charge in [-0.25, -0.2) is 0 Å². The lowest BCUT2D eigenvalue weighted by Gasteiger charge is -2.22. The van der Waals surface area contributed by atoms with Gasteiger partial charge in [0.25, 0.3) is 0 Å². The Balaban J connectivity index is 2.15. The molecule has 1 aromatic heterocycles. The van der Waals surface area contributed by atoms with E-state index in [0.717, 1.165) is 47.5 Å². The number of nitrogens with one attached hydrogen (secondary N) is 1. The molecule has 1 aliphatic rings. The summed E-state index contributed by atoms with van der Waals surface area (Å²) >= 11 is 6.38. The quantitative estimate of drug-likeness (QED) is 0.827. The van der Waals surface area contributed by atoms with Crippen LogP contribution < -0.4 is 0 Å². The molecular weight excluding hydrogens is 296 g/mol. The van der Waals surface area contributed by atoms with Crippen LogP contribution in [0.4, 0.5) is 0 Å². The number of aryl methyl sites for hydroxylation is 1. The highest BCUT2D eigenvalue weighted by Gasteiger charge is 2.28. The first-order valence-electron chi connectivity index (χ1n) is 7.51. The monoisotopic (exact) mass is 313 g/mol. The van der Waals surface area contributed by atoms with Crippen LogP contribution in [-0.2, 0) is 11.2 Å². The molecule has 2 aromatic rings. The van der Waals surface area contributed by atoms with Crippen LogP contribution in [-0.4, -0.2) is 11.6 Å². The lowest BCUT2D eigenvalue weighted by molar-refractivity contribution is 0.141. The van der Waals surface area contributed by atoms with Gasteiger partial charge in [0.1, 0.15) is 12.2 Å². The number of hydrogen-bond donors (Lipinski definition) is 1. The van der Waals surface area contributed by atoms with E-state index in [1.807, 2.05) is 26.0 Å². The molecule has 1 aliphatic heterocycles. The molecule has 0 saturated heterocycles. The van der Waals surface area contributed by atoms with Crippen molar-refractivity contribution in [3.8, 4) is 6.07 Å². The van der Waals surface area contributed by atoms with Crippen molar-refractivity contribution in [2.24, 2.45) is 0 Å². The number of fused-ring (bicyclic) bond motifs is 3. The third-order valence-electron chi connectivity index (χ3n) is 4.12. The third kappa shape index (κ3) is 2.43. The van der Waals surface area contributed by atoms with Crippen LogP contribution in [0.2, 0.25) is 5.02 Å². The SMILES string of the molecule is C/C=C/CC[C]1OCCc2c1[nH]c1c(Cl)cc(C)c(C#N)c21. The standard InChI is InChI=1S/C18H18ClN2O/c1-3-4-5-6-15-17-12(7-8-22-15)16-13(10-20)11(2)9-14(19)18(16)21-17/h3-4,9,21H,5-8H2,1-2H3/b4-3+. The molecule has 0 saturated carbocycles. The van der Waals surface area contributed by atoms with Gasteiger partial charge in [-0.1, -0.05) is 23.8 Å². The minimum Gasteiger partial charge on any atom is -0.365 e. The largest absolute Gasteiger partial charge is 0.365 e. The average molecular weight is 314 g/mol. The van der Waals surface area contributed by atoms with E-state index in [2.05, 4.69) is 17.1 Å². The van der Waals surface area contributed by atoms with E-state index >= 15 is 0 Å². The predicted molar refractivity (Wildman–Crippen MR) is 88.8 cm³/mol. The summed E-state index contributed by atoms with van der Waals surface area (Å²) in [5.41, 5.74) is 4.66. The Morgan fingerprint density at radius 1 is 1.50 bits per heavy atom. The maximum Gasteiger partial charge on any atom is 0.143 e. The Kier molecular flexibility index (Phi) is 4.24. The van der Waals surface area contributed by atoms with E-state index in [9.17, 15) is 5.26 Å². The zero-order valence-electron chi connectivity index (χ0n) is 12.8. The Hall–Kier alpha value is -1.76. The molecule has 0 unspecified atom stereocenters. The van der Waals surface area contributed by atoms with Gasteiger partial charge >= 0.3 is 0 Å². The van der Waals surface area contributed by atoms with E-state index in [1.165, 1.54) is 5.56 Å². The summed E-state index contributed by atoms with van der Waals surface area (Å²) in [6.07, 6.45) is 7.74. The molecule has 3 rings (SSSR count). The molecule has 1 radical (unpaired) electrons. The van der Waals surface area contributed by atoms with Crippen LogP contribution in [0.1, 0.15) is 42.1 Å². The molecule has 0 amide bonds. The maximum absolute atomic E-state index is 9.51. The summed E-state index contributed by atoms with van der Waals surface area (Å²) in [5, 5.41) is 11.1. The Labute approximate surface area is 135 Å². The average Bonchev–Trinajstić information content (AvgIpc) is 2.89. The topological polar surface area (TPSA) is 48.8 Å². The number of H-pyrrole nitrogens is 1. The van der Waals surface area contributed by atoms with Crippen LogP contribution in [0.3, 0.4) is 0 Å². The van der Waals surface area contributed by atoms with Crippen molar-refractivity contribution < 1.29 is 4.74 Å². The molecule has 0 atom stereocenters. The van der Waals surface area contributed by atoms with Gasteiger partial charge in [-0.05, 0) is 50.3 Å². The minimum absolute atomic E-state index is 0.654. The summed E-state index contributed by atoms with van der Waals surface area (Å²) in [4.78, 5) is 3.39. The first-order valence-corrected chi connectivity index (χ1v) is 7.89. The Morgan fingerprint density at radius 3 is 3.05 bits per heavy atom. The lowest BCUT2D eigenvalue weighted by Crippen LogP contribution is -2.16.